The molecule has 6 nitrogen and oxygen atoms in total. The first kappa shape index (κ1) is 26.1. The van der Waals surface area contributed by atoms with Crippen molar-refractivity contribution in [1.29, 1.82) is 0 Å². The minimum atomic E-state index is -4.60. The Morgan fingerprint density at radius 3 is 2.36 bits per heavy atom. The Kier molecular flexibility index (Phi) is 6.88. The minimum absolute atomic E-state index is 0.00939. The number of hydrogen-bond acceptors (Lipinski definition) is 6. The molecule has 1 amide bonds. The van der Waals surface area contributed by atoms with Crippen LogP contribution < -0.4 is 14.8 Å². The zero-order chi connectivity index (χ0) is 27.7. The predicted octanol–water partition coefficient (Wildman–Crippen LogP) is 8.03. The number of fused-ring (bicyclic) bond motifs is 1. The van der Waals surface area contributed by atoms with Crippen LogP contribution in [-0.4, -0.2) is 19.0 Å². The summed E-state index contributed by atoms with van der Waals surface area (Å²) in [7, 11) is 1.56. The van der Waals surface area contributed by atoms with Crippen molar-refractivity contribution in [1.82, 2.24) is 0 Å². The van der Waals surface area contributed by atoms with E-state index in [9.17, 15) is 22.8 Å². The molecular formula is C29H20F3NO5S. The fourth-order valence-corrected chi connectivity index (χ4v) is 4.91. The molecule has 0 aliphatic carbocycles. The molecule has 5 aromatic rings. The highest BCUT2D eigenvalue weighted by molar-refractivity contribution is 7.13. The molecule has 39 heavy (non-hydrogen) atoms. The number of anilines is 1. The number of hydrogen-bond donors (Lipinski definition) is 1. The highest BCUT2D eigenvalue weighted by atomic mass is 32.1. The third-order valence-electron chi connectivity index (χ3n) is 5.88. The average molecular weight is 552 g/mol. The maximum Gasteiger partial charge on any atom is 0.416 e. The number of halogens is 3. The van der Waals surface area contributed by atoms with Gasteiger partial charge in [0.25, 0.3) is 5.91 Å². The summed E-state index contributed by atoms with van der Waals surface area (Å²) < 4.78 is 56.5. The van der Waals surface area contributed by atoms with Gasteiger partial charge in [0.15, 0.2) is 0 Å². The summed E-state index contributed by atoms with van der Waals surface area (Å²) >= 11 is 1.36. The monoisotopic (exact) mass is 551 g/mol. The van der Waals surface area contributed by atoms with Gasteiger partial charge in [-0.3, -0.25) is 14.9 Å². The van der Waals surface area contributed by atoms with Gasteiger partial charge in [0, 0.05) is 17.4 Å². The van der Waals surface area contributed by atoms with E-state index < -0.39 is 23.6 Å². The van der Waals surface area contributed by atoms with Crippen LogP contribution in [0.15, 0.2) is 82.6 Å². The van der Waals surface area contributed by atoms with Crippen molar-refractivity contribution in [3.8, 4) is 33.1 Å². The molecule has 1 N–H and O–H groups in total. The van der Waals surface area contributed by atoms with E-state index >= 15 is 0 Å². The molecule has 5 rings (SSSR count). The fraction of sp³-hybridized carbons (Fsp3) is 0.103. The smallest absolute Gasteiger partial charge is 0.416 e. The molecule has 0 bridgehead atoms. The normalized spacial score (nSPS) is 11.4. The number of nitrogens with one attached hydrogen (secondary N) is 1. The Hall–Kier alpha value is -4.57. The van der Waals surface area contributed by atoms with Gasteiger partial charge < -0.3 is 13.9 Å². The molecule has 0 fully saturated rings. The lowest BCUT2D eigenvalue weighted by Crippen LogP contribution is -2.14. The average Bonchev–Trinajstić information content (AvgIpc) is 3.55. The topological polar surface area (TPSA) is 77.8 Å². The number of thiophene rings is 1. The summed E-state index contributed by atoms with van der Waals surface area (Å²) in [6.45, 7) is 1.27. The zero-order valence-corrected chi connectivity index (χ0v) is 21.4. The first-order chi connectivity index (χ1) is 18.6. The first-order valence-electron chi connectivity index (χ1n) is 11.6. The highest BCUT2D eigenvalue weighted by Gasteiger charge is 2.31. The van der Waals surface area contributed by atoms with Gasteiger partial charge in [0.05, 0.1) is 23.6 Å². The van der Waals surface area contributed by atoms with Gasteiger partial charge >= 0.3 is 12.1 Å². The second-order valence-corrected chi connectivity index (χ2v) is 9.43. The summed E-state index contributed by atoms with van der Waals surface area (Å²) in [5.41, 5.74) is 1.07. The lowest BCUT2D eigenvalue weighted by molar-refractivity contribution is -0.137. The quantitative estimate of drug-likeness (QED) is 0.171. The predicted molar refractivity (Wildman–Crippen MR) is 142 cm³/mol. The maximum absolute atomic E-state index is 13.2. The molecule has 10 heteroatoms. The minimum Gasteiger partial charge on any atom is -0.497 e. The molecule has 198 valence electrons. The van der Waals surface area contributed by atoms with Gasteiger partial charge in [-0.15, -0.1) is 11.3 Å². The van der Waals surface area contributed by atoms with Crippen molar-refractivity contribution in [2.24, 2.45) is 0 Å². The van der Waals surface area contributed by atoms with E-state index in [4.69, 9.17) is 13.9 Å². The van der Waals surface area contributed by atoms with Crippen molar-refractivity contribution < 1.29 is 36.7 Å². The highest BCUT2D eigenvalue weighted by Crippen LogP contribution is 2.46. The standard InChI is InChI=1S/C29H20F3NO5S/c1-16(34)37-22-14-19(17-8-10-21(36-2)11-9-17)15-23-25(22)26(24-7-4-12-39-24)28(38-23)33-27(35)18-5-3-6-20(13-18)29(30,31)32/h3-15H,1-2H3,(H,33,35). The molecule has 0 saturated heterocycles. The summed E-state index contributed by atoms with van der Waals surface area (Å²) in [5, 5.41) is 4.87. The number of furan rings is 1. The van der Waals surface area contributed by atoms with E-state index in [1.54, 1.807) is 43.5 Å². The molecule has 3 aromatic carbocycles. The van der Waals surface area contributed by atoms with Crippen molar-refractivity contribution in [3.63, 3.8) is 0 Å². The second-order valence-electron chi connectivity index (χ2n) is 8.49. The molecule has 0 spiro atoms. The fourth-order valence-electron chi connectivity index (χ4n) is 4.13. The van der Waals surface area contributed by atoms with Crippen molar-refractivity contribution in [3.05, 3.63) is 89.3 Å². The zero-order valence-electron chi connectivity index (χ0n) is 20.6. The van der Waals surface area contributed by atoms with E-state index in [1.807, 2.05) is 17.5 Å². The van der Waals surface area contributed by atoms with Crippen molar-refractivity contribution in [2.75, 3.05) is 12.4 Å². The number of benzene rings is 3. The number of ether oxygens (including phenoxy) is 2. The molecule has 0 saturated carbocycles. The van der Waals surface area contributed by atoms with E-state index in [-0.39, 0.29) is 17.2 Å². The van der Waals surface area contributed by atoms with Crippen LogP contribution in [0.25, 0.3) is 32.5 Å². The molecule has 2 heterocycles. The van der Waals surface area contributed by atoms with Crippen molar-refractivity contribution in [2.45, 2.75) is 13.1 Å². The lowest BCUT2D eigenvalue weighted by atomic mass is 10.0. The van der Waals surface area contributed by atoms with Crippen LogP contribution in [0, 0.1) is 0 Å². The van der Waals surface area contributed by atoms with Gasteiger partial charge in [0.1, 0.15) is 17.1 Å². The molecule has 2 aromatic heterocycles. The number of carbonyl (C=O) groups excluding carboxylic acids is 2. The number of amides is 1. The Balaban J connectivity index is 1.66. The molecular weight excluding hydrogens is 531 g/mol. The van der Waals surface area contributed by atoms with Gasteiger partial charge in [-0.1, -0.05) is 24.3 Å². The number of methoxy groups -OCH3 is 1. The third-order valence-corrected chi connectivity index (χ3v) is 6.77. The Labute approximate surface area is 224 Å². The first-order valence-corrected chi connectivity index (χ1v) is 12.5. The third kappa shape index (κ3) is 5.37. The van der Waals surface area contributed by atoms with Gasteiger partial charge in [-0.25, -0.2) is 0 Å². The van der Waals surface area contributed by atoms with Gasteiger partial charge in [-0.05, 0) is 65.0 Å². The van der Waals surface area contributed by atoms with Crippen LogP contribution in [0.1, 0.15) is 22.8 Å². The summed E-state index contributed by atoms with van der Waals surface area (Å²) in [4.78, 5) is 25.8. The van der Waals surface area contributed by atoms with E-state index in [0.717, 1.165) is 23.8 Å². The molecule has 0 radical (unpaired) electrons. The van der Waals surface area contributed by atoms with Crippen LogP contribution in [0.5, 0.6) is 11.5 Å². The van der Waals surface area contributed by atoms with Crippen molar-refractivity contribution >= 4 is 40.1 Å². The summed E-state index contributed by atoms with van der Waals surface area (Å²) in [6, 6.07) is 18.4. The van der Waals surface area contributed by atoms with Gasteiger partial charge in [-0.2, -0.15) is 13.2 Å². The van der Waals surface area contributed by atoms with Gasteiger partial charge in [0.2, 0.25) is 5.88 Å². The van der Waals surface area contributed by atoms with Crippen LogP contribution in [0.2, 0.25) is 0 Å². The van der Waals surface area contributed by atoms with E-state index in [2.05, 4.69) is 5.32 Å². The second kappa shape index (κ2) is 10.3. The number of alkyl halides is 3. The SMILES string of the molecule is COc1ccc(-c2cc(OC(C)=O)c3c(-c4cccs4)c(NC(=O)c4cccc(C(F)(F)F)c4)oc3c2)cc1. The number of carbonyl (C=O) groups is 2. The lowest BCUT2D eigenvalue weighted by Gasteiger charge is -2.10. The summed E-state index contributed by atoms with van der Waals surface area (Å²) in [6.07, 6.45) is -4.60. The van der Waals surface area contributed by atoms with Crippen LogP contribution in [0.3, 0.4) is 0 Å². The van der Waals surface area contributed by atoms with Crippen LogP contribution >= 0.6 is 11.3 Å². The number of esters is 1. The maximum atomic E-state index is 13.2. The molecule has 0 unspecified atom stereocenters. The van der Waals surface area contributed by atoms with E-state index in [0.29, 0.717) is 32.7 Å². The van der Waals surface area contributed by atoms with Crippen LogP contribution in [-0.2, 0) is 11.0 Å². The Morgan fingerprint density at radius 2 is 1.72 bits per heavy atom. The molecule has 0 aliphatic rings. The Bertz CT molecular complexity index is 1670. The largest absolute Gasteiger partial charge is 0.497 e. The summed E-state index contributed by atoms with van der Waals surface area (Å²) in [5.74, 6) is -0.469. The molecule has 0 atom stereocenters. The number of rotatable bonds is 6. The Morgan fingerprint density at radius 1 is 0.949 bits per heavy atom. The molecule has 0 aliphatic heterocycles. The van der Waals surface area contributed by atoms with Crippen LogP contribution in [0.4, 0.5) is 19.1 Å². The van der Waals surface area contributed by atoms with E-state index in [1.165, 1.54) is 24.3 Å².